The quantitative estimate of drug-likeness (QED) is 0.218. The number of hydrogen-bond acceptors (Lipinski definition) is 2. The molecule has 1 rings (SSSR count). The molecule has 0 fully saturated rings. The highest BCUT2D eigenvalue weighted by atomic mass is 35.5. The molecule has 0 spiro atoms. The summed E-state index contributed by atoms with van der Waals surface area (Å²) in [7, 11) is 0. The van der Waals surface area contributed by atoms with Gasteiger partial charge in [-0.1, -0.05) is 24.3 Å². The number of allylic oxidation sites excluding steroid dienone is 2. The highest BCUT2D eigenvalue weighted by Crippen LogP contribution is 2.32. The van der Waals surface area contributed by atoms with Crippen LogP contribution in [0.5, 0.6) is 0 Å². The van der Waals surface area contributed by atoms with Crippen molar-refractivity contribution in [3.8, 4) is 0 Å². The van der Waals surface area contributed by atoms with Crippen LogP contribution in [-0.2, 0) is 0 Å². The fourth-order valence-corrected chi connectivity index (χ4v) is 1.28. The van der Waals surface area contributed by atoms with E-state index in [0.717, 1.165) is 0 Å². The molecule has 1 aliphatic carbocycles. The van der Waals surface area contributed by atoms with Gasteiger partial charge in [0.2, 0.25) is 0 Å². The normalized spacial score (nSPS) is 33.2. The van der Waals surface area contributed by atoms with Crippen LogP contribution in [-0.4, -0.2) is 9.92 Å². The topological polar surface area (TPSA) is 43.1 Å². The summed E-state index contributed by atoms with van der Waals surface area (Å²) in [6.45, 7) is 3.49. The Morgan fingerprint density at radius 2 is 2.33 bits per heavy atom. The summed E-state index contributed by atoms with van der Waals surface area (Å²) in [5.41, 5.74) is 0. The van der Waals surface area contributed by atoms with E-state index in [1.54, 1.807) is 18.2 Å². The third-order valence-corrected chi connectivity index (χ3v) is 2.28. The Balaban J connectivity index is 3.02. The van der Waals surface area contributed by atoms with Crippen molar-refractivity contribution in [3.63, 3.8) is 0 Å². The summed E-state index contributed by atoms with van der Waals surface area (Å²) in [6.07, 6.45) is 7.77. The predicted octanol–water partition coefficient (Wildman–Crippen LogP) is 2.13. The summed E-state index contributed by atoms with van der Waals surface area (Å²) in [6, 6.07) is 0. The zero-order valence-corrected chi connectivity index (χ0v) is 7.07. The molecule has 0 aromatic carbocycles. The van der Waals surface area contributed by atoms with Crippen molar-refractivity contribution < 1.29 is 4.92 Å². The van der Waals surface area contributed by atoms with Gasteiger partial charge >= 0.3 is 5.00 Å². The van der Waals surface area contributed by atoms with Gasteiger partial charge in [-0.05, 0) is 11.6 Å². The van der Waals surface area contributed by atoms with E-state index in [1.165, 1.54) is 12.2 Å². The van der Waals surface area contributed by atoms with Crippen LogP contribution < -0.4 is 0 Å². The SMILES string of the molecule is C=CC1C=CC=CC1(Cl)[N+](=O)[O-]. The number of nitro groups is 1. The average Bonchev–Trinajstić information content (AvgIpc) is 2.05. The monoisotopic (exact) mass is 185 g/mol. The van der Waals surface area contributed by atoms with Crippen LogP contribution in [0, 0.1) is 16.0 Å². The summed E-state index contributed by atoms with van der Waals surface area (Å²) in [5.74, 6) is -0.445. The van der Waals surface area contributed by atoms with Gasteiger partial charge in [0.25, 0.3) is 0 Å². The maximum atomic E-state index is 10.6. The number of halogens is 1. The van der Waals surface area contributed by atoms with Crippen LogP contribution in [0.15, 0.2) is 37.0 Å². The minimum Gasteiger partial charge on any atom is -0.262 e. The molecule has 0 N–H and O–H groups in total. The molecule has 0 heterocycles. The van der Waals surface area contributed by atoms with Crippen molar-refractivity contribution in [1.29, 1.82) is 0 Å². The lowest BCUT2D eigenvalue weighted by Crippen LogP contribution is -2.37. The summed E-state index contributed by atoms with van der Waals surface area (Å²) in [5, 5.41) is 10.6. The van der Waals surface area contributed by atoms with Crippen LogP contribution in [0.25, 0.3) is 0 Å². The van der Waals surface area contributed by atoms with E-state index in [-0.39, 0.29) is 0 Å². The fraction of sp³-hybridized carbons (Fsp3) is 0.250. The predicted molar refractivity (Wildman–Crippen MR) is 47.5 cm³/mol. The first kappa shape index (κ1) is 9.00. The molecule has 4 heteroatoms. The van der Waals surface area contributed by atoms with Crippen molar-refractivity contribution >= 4 is 11.6 Å². The number of alkyl halides is 1. The first-order chi connectivity index (χ1) is 5.61. The van der Waals surface area contributed by atoms with E-state index in [9.17, 15) is 10.1 Å². The molecule has 12 heavy (non-hydrogen) atoms. The smallest absolute Gasteiger partial charge is 0.262 e. The minimum atomic E-state index is -1.55. The molecule has 0 aromatic heterocycles. The Hall–Kier alpha value is -1.09. The van der Waals surface area contributed by atoms with Crippen molar-refractivity contribution in [1.82, 2.24) is 0 Å². The molecular weight excluding hydrogens is 178 g/mol. The Labute approximate surface area is 75.2 Å². The lowest BCUT2D eigenvalue weighted by atomic mass is 9.95. The Morgan fingerprint density at radius 3 is 2.75 bits per heavy atom. The Kier molecular flexibility index (Phi) is 2.33. The van der Waals surface area contributed by atoms with Gasteiger partial charge in [0.1, 0.15) is 0 Å². The van der Waals surface area contributed by atoms with E-state index in [4.69, 9.17) is 11.6 Å². The molecule has 1 aliphatic rings. The molecule has 2 atom stereocenters. The molecule has 0 saturated heterocycles. The molecule has 0 aromatic rings. The average molecular weight is 186 g/mol. The van der Waals surface area contributed by atoms with E-state index < -0.39 is 15.8 Å². The third kappa shape index (κ3) is 1.28. The molecule has 0 aliphatic heterocycles. The number of nitrogens with zero attached hydrogens (tertiary/aromatic N) is 1. The lowest BCUT2D eigenvalue weighted by molar-refractivity contribution is -0.533. The Morgan fingerprint density at radius 1 is 1.67 bits per heavy atom. The lowest BCUT2D eigenvalue weighted by Gasteiger charge is -2.21. The van der Waals surface area contributed by atoms with Crippen LogP contribution in [0.1, 0.15) is 0 Å². The van der Waals surface area contributed by atoms with E-state index in [2.05, 4.69) is 6.58 Å². The van der Waals surface area contributed by atoms with E-state index in [1.807, 2.05) is 0 Å². The molecule has 0 amide bonds. The van der Waals surface area contributed by atoms with Gasteiger partial charge in [-0.15, -0.1) is 6.58 Å². The second-order valence-corrected chi connectivity index (χ2v) is 3.10. The highest BCUT2D eigenvalue weighted by Gasteiger charge is 2.44. The largest absolute Gasteiger partial charge is 0.323 e. The number of hydrogen-bond donors (Lipinski definition) is 0. The number of rotatable bonds is 2. The Bertz CT molecular complexity index is 272. The second-order valence-electron chi connectivity index (χ2n) is 2.49. The van der Waals surface area contributed by atoms with E-state index >= 15 is 0 Å². The van der Waals surface area contributed by atoms with Crippen molar-refractivity contribution in [2.75, 3.05) is 0 Å². The van der Waals surface area contributed by atoms with Gasteiger partial charge < -0.3 is 0 Å². The maximum Gasteiger partial charge on any atom is 0.323 e. The molecule has 0 saturated carbocycles. The van der Waals surface area contributed by atoms with Gasteiger partial charge in [0.05, 0.1) is 5.92 Å². The third-order valence-electron chi connectivity index (χ3n) is 1.76. The first-order valence-electron chi connectivity index (χ1n) is 3.43. The molecule has 64 valence electrons. The minimum absolute atomic E-state index is 0.445. The maximum absolute atomic E-state index is 10.6. The molecular formula is C8H8ClNO2. The molecule has 2 unspecified atom stereocenters. The van der Waals surface area contributed by atoms with Crippen LogP contribution in [0.3, 0.4) is 0 Å². The van der Waals surface area contributed by atoms with Crippen molar-refractivity contribution in [2.24, 2.45) is 5.92 Å². The fourth-order valence-electron chi connectivity index (χ4n) is 1.05. The summed E-state index contributed by atoms with van der Waals surface area (Å²) >= 11 is 5.77. The summed E-state index contributed by atoms with van der Waals surface area (Å²) in [4.78, 5) is 8.53. The van der Waals surface area contributed by atoms with Gasteiger partial charge in [-0.25, -0.2) is 0 Å². The molecule has 0 bridgehead atoms. The first-order valence-corrected chi connectivity index (χ1v) is 3.81. The van der Waals surface area contributed by atoms with Gasteiger partial charge in [-0.2, -0.15) is 0 Å². The zero-order chi connectivity index (χ0) is 9.19. The van der Waals surface area contributed by atoms with Crippen LogP contribution >= 0.6 is 11.6 Å². The second kappa shape index (κ2) is 3.11. The van der Waals surface area contributed by atoms with Crippen LogP contribution in [0.4, 0.5) is 0 Å². The zero-order valence-electron chi connectivity index (χ0n) is 6.31. The molecule has 0 radical (unpaired) electrons. The highest BCUT2D eigenvalue weighted by molar-refractivity contribution is 6.24. The van der Waals surface area contributed by atoms with Crippen LogP contribution in [0.2, 0.25) is 0 Å². The van der Waals surface area contributed by atoms with Gasteiger partial charge in [0, 0.05) is 11.0 Å². The van der Waals surface area contributed by atoms with E-state index in [0.29, 0.717) is 0 Å². The van der Waals surface area contributed by atoms with Crippen molar-refractivity contribution in [2.45, 2.75) is 5.00 Å². The summed E-state index contributed by atoms with van der Waals surface area (Å²) < 4.78 is 0. The van der Waals surface area contributed by atoms with Gasteiger partial charge in [0.15, 0.2) is 0 Å². The van der Waals surface area contributed by atoms with Crippen molar-refractivity contribution in [3.05, 3.63) is 47.1 Å². The van der Waals surface area contributed by atoms with Gasteiger partial charge in [-0.3, -0.25) is 10.1 Å². The standard InChI is InChI=1S/C8H8ClNO2/c1-2-7-5-3-4-6-8(7,9)10(11)12/h2-7H,1H2. The molecule has 3 nitrogen and oxygen atoms in total.